The van der Waals surface area contributed by atoms with Crippen molar-refractivity contribution in [3.05, 3.63) is 53.8 Å². The van der Waals surface area contributed by atoms with Crippen LogP contribution in [-0.4, -0.2) is 31.3 Å². The van der Waals surface area contributed by atoms with Crippen LogP contribution in [0.25, 0.3) is 0 Å². The molecule has 0 aliphatic carbocycles. The number of carbonyl (C=O) groups excluding carboxylic acids is 2. The molecule has 6 nitrogen and oxygen atoms in total. The minimum Gasteiger partial charge on any atom is -0.493 e. The lowest BCUT2D eigenvalue weighted by Gasteiger charge is -2.13. The maximum atomic E-state index is 12.9. The first-order valence-electron chi connectivity index (χ1n) is 9.17. The molecule has 0 aliphatic rings. The number of hydrazine groups is 1. The van der Waals surface area contributed by atoms with Crippen LogP contribution in [0.3, 0.4) is 0 Å². The van der Waals surface area contributed by atoms with Gasteiger partial charge in [0, 0.05) is 10.5 Å². The van der Waals surface area contributed by atoms with E-state index in [0.717, 1.165) is 11.3 Å². The molecule has 156 valence electrons. The Morgan fingerprint density at radius 3 is 2.45 bits per heavy atom. The summed E-state index contributed by atoms with van der Waals surface area (Å²) in [6, 6.07) is 10.6. The average molecular weight is 421 g/mol. The highest BCUT2D eigenvalue weighted by Gasteiger charge is 2.12. The van der Waals surface area contributed by atoms with Crippen molar-refractivity contribution in [2.24, 2.45) is 5.92 Å². The largest absolute Gasteiger partial charge is 0.493 e. The Kier molecular flexibility index (Phi) is 8.79. The predicted molar refractivity (Wildman–Crippen MR) is 111 cm³/mol. The fourth-order valence-electron chi connectivity index (χ4n) is 2.25. The van der Waals surface area contributed by atoms with Crippen LogP contribution >= 0.6 is 11.8 Å². The van der Waals surface area contributed by atoms with Gasteiger partial charge in [0.2, 0.25) is 5.91 Å². The van der Waals surface area contributed by atoms with Crippen LogP contribution in [0.15, 0.2) is 47.4 Å². The first-order chi connectivity index (χ1) is 13.9. The number of halogens is 1. The van der Waals surface area contributed by atoms with Crippen molar-refractivity contribution >= 4 is 23.6 Å². The summed E-state index contributed by atoms with van der Waals surface area (Å²) >= 11 is 1.24. The van der Waals surface area contributed by atoms with E-state index in [-0.39, 0.29) is 17.5 Å². The Morgan fingerprint density at radius 2 is 1.79 bits per heavy atom. The van der Waals surface area contributed by atoms with Gasteiger partial charge < -0.3 is 9.47 Å². The number of thioether (sulfide) groups is 1. The fraction of sp³-hybridized carbons (Fsp3) is 0.333. The van der Waals surface area contributed by atoms with E-state index >= 15 is 0 Å². The lowest BCUT2D eigenvalue weighted by molar-refractivity contribution is -0.119. The number of hydrogen-bond acceptors (Lipinski definition) is 5. The van der Waals surface area contributed by atoms with Gasteiger partial charge in [0.15, 0.2) is 11.5 Å². The molecule has 0 fully saturated rings. The third-order valence-electron chi connectivity index (χ3n) is 3.88. The summed E-state index contributed by atoms with van der Waals surface area (Å²) in [6.45, 7) is 4.78. The van der Waals surface area contributed by atoms with E-state index in [2.05, 4.69) is 24.7 Å². The van der Waals surface area contributed by atoms with Gasteiger partial charge in [0.05, 0.1) is 19.5 Å². The van der Waals surface area contributed by atoms with Gasteiger partial charge in [0.1, 0.15) is 5.82 Å². The van der Waals surface area contributed by atoms with Crippen molar-refractivity contribution in [2.45, 2.75) is 25.2 Å². The molecule has 8 heteroatoms. The zero-order valence-electron chi connectivity index (χ0n) is 16.7. The second-order valence-corrected chi connectivity index (χ2v) is 7.69. The summed E-state index contributed by atoms with van der Waals surface area (Å²) in [7, 11) is 1.50. The Bertz CT molecular complexity index is 828. The third-order valence-corrected chi connectivity index (χ3v) is 4.89. The number of carbonyl (C=O) groups is 2. The van der Waals surface area contributed by atoms with E-state index in [1.807, 2.05) is 0 Å². The average Bonchev–Trinajstić information content (AvgIpc) is 2.71. The number of ether oxygens (including phenoxy) is 2. The second kappa shape index (κ2) is 11.3. The topological polar surface area (TPSA) is 76.7 Å². The molecule has 0 saturated heterocycles. The van der Waals surface area contributed by atoms with Crippen LogP contribution in [0.5, 0.6) is 11.5 Å². The maximum absolute atomic E-state index is 12.9. The summed E-state index contributed by atoms with van der Waals surface area (Å²) in [4.78, 5) is 24.9. The smallest absolute Gasteiger partial charge is 0.269 e. The minimum atomic E-state index is -0.475. The molecule has 0 aliphatic heterocycles. The Morgan fingerprint density at radius 1 is 1.07 bits per heavy atom. The highest BCUT2D eigenvalue weighted by Crippen LogP contribution is 2.28. The van der Waals surface area contributed by atoms with Gasteiger partial charge >= 0.3 is 0 Å². The molecule has 0 heterocycles. The predicted octanol–water partition coefficient (Wildman–Crippen LogP) is 3.81. The zero-order chi connectivity index (χ0) is 21.2. The van der Waals surface area contributed by atoms with Gasteiger partial charge in [-0.1, -0.05) is 13.8 Å². The van der Waals surface area contributed by atoms with Crippen molar-refractivity contribution in [3.63, 3.8) is 0 Å². The van der Waals surface area contributed by atoms with E-state index in [1.54, 1.807) is 30.3 Å². The quantitative estimate of drug-likeness (QED) is 0.477. The molecule has 0 spiro atoms. The van der Waals surface area contributed by atoms with E-state index < -0.39 is 5.91 Å². The van der Waals surface area contributed by atoms with Crippen LogP contribution in [-0.2, 0) is 4.79 Å². The van der Waals surface area contributed by atoms with E-state index in [4.69, 9.17) is 9.47 Å². The monoisotopic (exact) mass is 420 g/mol. The van der Waals surface area contributed by atoms with Crippen molar-refractivity contribution in [1.29, 1.82) is 0 Å². The molecule has 0 radical (unpaired) electrons. The Balaban J connectivity index is 1.84. The molecular formula is C21H25FN2O4S. The highest BCUT2D eigenvalue weighted by atomic mass is 32.2. The third kappa shape index (κ3) is 7.65. The molecule has 0 saturated carbocycles. The number of benzene rings is 2. The van der Waals surface area contributed by atoms with Crippen molar-refractivity contribution in [1.82, 2.24) is 10.9 Å². The van der Waals surface area contributed by atoms with Crippen LogP contribution < -0.4 is 20.3 Å². The summed E-state index contributed by atoms with van der Waals surface area (Å²) in [5.74, 6) is 0.417. The number of rotatable bonds is 9. The Hall–Kier alpha value is -2.74. The molecule has 2 rings (SSSR count). The molecule has 0 aromatic heterocycles. The van der Waals surface area contributed by atoms with Gasteiger partial charge in [0.25, 0.3) is 5.91 Å². The molecule has 0 bridgehead atoms. The Labute approximate surface area is 174 Å². The number of hydrogen-bond donors (Lipinski definition) is 2. The van der Waals surface area contributed by atoms with E-state index in [0.29, 0.717) is 29.6 Å². The molecule has 0 unspecified atom stereocenters. The van der Waals surface area contributed by atoms with Gasteiger partial charge in [-0.25, -0.2) is 4.39 Å². The van der Waals surface area contributed by atoms with E-state index in [9.17, 15) is 14.0 Å². The lowest BCUT2D eigenvalue weighted by Crippen LogP contribution is -2.42. The highest BCUT2D eigenvalue weighted by molar-refractivity contribution is 8.00. The summed E-state index contributed by atoms with van der Waals surface area (Å²) in [6.07, 6.45) is 0.910. The standard InChI is InChI=1S/C21H25FN2O4S/c1-14(2)10-11-28-18-9-4-15(12-19(18)27-3)21(26)24-23-20(25)13-29-17-7-5-16(22)6-8-17/h4-9,12,14H,10-11,13H2,1-3H3,(H,23,25)(H,24,26). The van der Waals surface area contributed by atoms with Gasteiger partial charge in [-0.15, -0.1) is 11.8 Å². The van der Waals surface area contributed by atoms with Crippen LogP contribution in [0.2, 0.25) is 0 Å². The maximum Gasteiger partial charge on any atom is 0.269 e. The van der Waals surface area contributed by atoms with Gasteiger partial charge in [-0.3, -0.25) is 20.4 Å². The second-order valence-electron chi connectivity index (χ2n) is 6.64. The molecule has 0 atom stereocenters. The lowest BCUT2D eigenvalue weighted by atomic mass is 10.1. The van der Waals surface area contributed by atoms with E-state index in [1.165, 1.54) is 31.0 Å². The first kappa shape index (κ1) is 22.5. The first-order valence-corrected chi connectivity index (χ1v) is 10.2. The normalized spacial score (nSPS) is 10.5. The molecule has 2 amide bonds. The molecule has 2 aromatic carbocycles. The molecule has 2 N–H and O–H groups in total. The SMILES string of the molecule is COc1cc(C(=O)NNC(=O)CSc2ccc(F)cc2)ccc1OCCC(C)C. The van der Waals surface area contributed by atoms with Crippen LogP contribution in [0.1, 0.15) is 30.6 Å². The summed E-state index contributed by atoms with van der Waals surface area (Å²) < 4.78 is 23.9. The fourth-order valence-corrected chi connectivity index (χ4v) is 2.95. The van der Waals surface area contributed by atoms with Crippen molar-refractivity contribution in [3.8, 4) is 11.5 Å². The zero-order valence-corrected chi connectivity index (χ0v) is 17.5. The molecule has 29 heavy (non-hydrogen) atoms. The molecule has 2 aromatic rings. The van der Waals surface area contributed by atoms with Gasteiger partial charge in [-0.05, 0) is 54.8 Å². The number of amides is 2. The number of methoxy groups -OCH3 is 1. The van der Waals surface area contributed by atoms with Crippen LogP contribution in [0.4, 0.5) is 4.39 Å². The number of nitrogens with one attached hydrogen (secondary N) is 2. The van der Waals surface area contributed by atoms with Crippen LogP contribution in [0, 0.1) is 11.7 Å². The summed E-state index contributed by atoms with van der Waals surface area (Å²) in [5, 5.41) is 0. The van der Waals surface area contributed by atoms with Gasteiger partial charge in [-0.2, -0.15) is 0 Å². The van der Waals surface area contributed by atoms with Crippen molar-refractivity contribution in [2.75, 3.05) is 19.5 Å². The molecular weight excluding hydrogens is 395 g/mol. The summed E-state index contributed by atoms with van der Waals surface area (Å²) in [5.41, 5.74) is 5.04. The minimum absolute atomic E-state index is 0.0812. The van der Waals surface area contributed by atoms with Crippen molar-refractivity contribution < 1.29 is 23.5 Å².